The fraction of sp³-hybridized carbons (Fsp3) is 0.200. The molecule has 4 nitrogen and oxygen atoms in total. The van der Waals surface area contributed by atoms with E-state index < -0.39 is 0 Å². The van der Waals surface area contributed by atoms with Crippen LogP contribution in [0, 0.1) is 0 Å². The first-order valence-electron chi connectivity index (χ1n) is 6.16. The van der Waals surface area contributed by atoms with Crippen molar-refractivity contribution in [3.63, 3.8) is 0 Å². The van der Waals surface area contributed by atoms with E-state index in [2.05, 4.69) is 11.4 Å². The summed E-state index contributed by atoms with van der Waals surface area (Å²) in [6, 6.07) is 13.6. The average molecular weight is 257 g/mol. The molecule has 2 aromatic rings. The topological polar surface area (TPSA) is 39.7 Å². The minimum Gasteiger partial charge on any atom is -0.457 e. The molecule has 1 aliphatic heterocycles. The van der Waals surface area contributed by atoms with Crippen molar-refractivity contribution in [3.05, 3.63) is 48.0 Å². The molecule has 0 saturated carbocycles. The lowest BCUT2D eigenvalue weighted by Crippen LogP contribution is -2.04. The van der Waals surface area contributed by atoms with Crippen LogP contribution in [0.2, 0.25) is 0 Å². The predicted molar refractivity (Wildman–Crippen MR) is 71.8 cm³/mol. The molecule has 19 heavy (non-hydrogen) atoms. The Bertz CT molecular complexity index is 583. The summed E-state index contributed by atoms with van der Waals surface area (Å²) in [4.78, 5) is 0. The molecule has 0 bridgehead atoms. The molecular weight excluding hydrogens is 242 g/mol. The largest absolute Gasteiger partial charge is 0.457 e. The third kappa shape index (κ3) is 2.63. The van der Waals surface area contributed by atoms with Gasteiger partial charge in [0.15, 0.2) is 11.5 Å². The van der Waals surface area contributed by atoms with Crippen molar-refractivity contribution in [3.8, 4) is 23.0 Å². The first-order chi connectivity index (χ1) is 9.35. The summed E-state index contributed by atoms with van der Waals surface area (Å²) in [7, 11) is 1.92. The molecule has 1 aliphatic rings. The van der Waals surface area contributed by atoms with Crippen molar-refractivity contribution < 1.29 is 14.2 Å². The maximum atomic E-state index is 5.83. The molecule has 1 N–H and O–H groups in total. The summed E-state index contributed by atoms with van der Waals surface area (Å²) in [5, 5.41) is 3.12. The highest BCUT2D eigenvalue weighted by molar-refractivity contribution is 5.48. The van der Waals surface area contributed by atoms with E-state index in [9.17, 15) is 0 Å². The smallest absolute Gasteiger partial charge is 0.231 e. The zero-order valence-electron chi connectivity index (χ0n) is 10.7. The Morgan fingerprint density at radius 1 is 1.05 bits per heavy atom. The number of benzene rings is 2. The lowest BCUT2D eigenvalue weighted by Gasteiger charge is -2.08. The second-order valence-corrected chi connectivity index (χ2v) is 4.29. The SMILES string of the molecule is CNCc1cccc(Oc2ccc3c(c2)OCO3)c1. The standard InChI is InChI=1S/C15H15NO3/c1-16-9-11-3-2-4-12(7-11)19-13-5-6-14-15(8-13)18-10-17-14/h2-8,16H,9-10H2,1H3. The lowest BCUT2D eigenvalue weighted by atomic mass is 10.2. The van der Waals surface area contributed by atoms with Gasteiger partial charge in [-0.2, -0.15) is 0 Å². The Kier molecular flexibility index (Phi) is 3.25. The maximum Gasteiger partial charge on any atom is 0.231 e. The zero-order valence-corrected chi connectivity index (χ0v) is 10.7. The number of hydrogen-bond donors (Lipinski definition) is 1. The van der Waals surface area contributed by atoms with E-state index in [1.807, 2.05) is 43.4 Å². The first-order valence-corrected chi connectivity index (χ1v) is 6.16. The highest BCUT2D eigenvalue weighted by atomic mass is 16.7. The van der Waals surface area contributed by atoms with Gasteiger partial charge in [-0.1, -0.05) is 12.1 Å². The first kappa shape index (κ1) is 11.9. The van der Waals surface area contributed by atoms with Crippen LogP contribution in [0.15, 0.2) is 42.5 Å². The number of nitrogens with one attached hydrogen (secondary N) is 1. The molecule has 2 aromatic carbocycles. The average Bonchev–Trinajstić information content (AvgIpc) is 2.87. The van der Waals surface area contributed by atoms with Crippen molar-refractivity contribution in [2.24, 2.45) is 0 Å². The lowest BCUT2D eigenvalue weighted by molar-refractivity contribution is 0.174. The number of rotatable bonds is 4. The van der Waals surface area contributed by atoms with Crippen LogP contribution in [-0.4, -0.2) is 13.8 Å². The highest BCUT2D eigenvalue weighted by Crippen LogP contribution is 2.36. The van der Waals surface area contributed by atoms with Crippen molar-refractivity contribution >= 4 is 0 Å². The van der Waals surface area contributed by atoms with Gasteiger partial charge in [0.05, 0.1) is 0 Å². The van der Waals surface area contributed by atoms with Crippen LogP contribution in [0.5, 0.6) is 23.0 Å². The second kappa shape index (κ2) is 5.20. The van der Waals surface area contributed by atoms with Crippen molar-refractivity contribution in [1.29, 1.82) is 0 Å². The van der Waals surface area contributed by atoms with Gasteiger partial charge >= 0.3 is 0 Å². The van der Waals surface area contributed by atoms with Gasteiger partial charge in [0.25, 0.3) is 0 Å². The molecule has 0 unspecified atom stereocenters. The Morgan fingerprint density at radius 2 is 1.89 bits per heavy atom. The quantitative estimate of drug-likeness (QED) is 0.914. The number of ether oxygens (including phenoxy) is 3. The van der Waals surface area contributed by atoms with Gasteiger partial charge in [-0.05, 0) is 36.9 Å². The minimum atomic E-state index is 0.274. The van der Waals surface area contributed by atoms with Crippen LogP contribution in [0.3, 0.4) is 0 Å². The molecule has 3 rings (SSSR count). The van der Waals surface area contributed by atoms with Gasteiger partial charge in [0, 0.05) is 12.6 Å². The summed E-state index contributed by atoms with van der Waals surface area (Å²) in [6.07, 6.45) is 0. The summed E-state index contributed by atoms with van der Waals surface area (Å²) in [5.74, 6) is 3.04. The van der Waals surface area contributed by atoms with Gasteiger partial charge in [0.2, 0.25) is 6.79 Å². The van der Waals surface area contributed by atoms with Gasteiger partial charge in [0.1, 0.15) is 11.5 Å². The minimum absolute atomic E-state index is 0.274. The van der Waals surface area contributed by atoms with E-state index >= 15 is 0 Å². The van der Waals surface area contributed by atoms with Crippen molar-refractivity contribution in [2.45, 2.75) is 6.54 Å². The molecule has 0 fully saturated rings. The van der Waals surface area contributed by atoms with Crippen molar-refractivity contribution in [1.82, 2.24) is 5.32 Å². The van der Waals surface area contributed by atoms with Crippen LogP contribution in [0.25, 0.3) is 0 Å². The summed E-state index contributed by atoms with van der Waals surface area (Å²) >= 11 is 0. The molecule has 0 radical (unpaired) electrons. The molecule has 1 heterocycles. The fourth-order valence-electron chi connectivity index (χ4n) is 2.00. The monoisotopic (exact) mass is 257 g/mol. The Hall–Kier alpha value is -2.20. The molecule has 0 saturated heterocycles. The third-order valence-corrected chi connectivity index (χ3v) is 2.86. The second-order valence-electron chi connectivity index (χ2n) is 4.29. The predicted octanol–water partition coefficient (Wildman–Crippen LogP) is 2.93. The summed E-state index contributed by atoms with van der Waals surface area (Å²) in [6.45, 7) is 1.09. The van der Waals surface area contributed by atoms with Gasteiger partial charge in [-0.25, -0.2) is 0 Å². The maximum absolute atomic E-state index is 5.83. The molecular formula is C15H15NO3. The van der Waals surface area contributed by atoms with E-state index in [1.165, 1.54) is 5.56 Å². The van der Waals surface area contributed by atoms with Crippen LogP contribution in [0.4, 0.5) is 0 Å². The van der Waals surface area contributed by atoms with E-state index in [1.54, 1.807) is 0 Å². The zero-order chi connectivity index (χ0) is 13.1. The fourth-order valence-corrected chi connectivity index (χ4v) is 2.00. The molecule has 0 spiro atoms. The Labute approximate surface area is 111 Å². The van der Waals surface area contributed by atoms with Crippen LogP contribution < -0.4 is 19.5 Å². The molecule has 4 heteroatoms. The molecule has 0 aromatic heterocycles. The van der Waals surface area contributed by atoms with E-state index in [-0.39, 0.29) is 6.79 Å². The van der Waals surface area contributed by atoms with E-state index in [0.717, 1.165) is 29.5 Å². The summed E-state index contributed by atoms with van der Waals surface area (Å²) in [5.41, 5.74) is 1.18. The summed E-state index contributed by atoms with van der Waals surface area (Å²) < 4.78 is 16.4. The number of hydrogen-bond acceptors (Lipinski definition) is 4. The molecule has 0 amide bonds. The highest BCUT2D eigenvalue weighted by Gasteiger charge is 2.13. The van der Waals surface area contributed by atoms with Crippen LogP contribution in [0.1, 0.15) is 5.56 Å². The van der Waals surface area contributed by atoms with E-state index in [4.69, 9.17) is 14.2 Å². The molecule has 98 valence electrons. The normalized spacial score (nSPS) is 12.5. The molecule has 0 atom stereocenters. The van der Waals surface area contributed by atoms with Gasteiger partial charge in [-0.15, -0.1) is 0 Å². The molecule has 0 aliphatic carbocycles. The van der Waals surface area contributed by atoms with Crippen LogP contribution in [-0.2, 0) is 6.54 Å². The van der Waals surface area contributed by atoms with Crippen molar-refractivity contribution in [2.75, 3.05) is 13.8 Å². The van der Waals surface area contributed by atoms with Crippen LogP contribution >= 0.6 is 0 Å². The third-order valence-electron chi connectivity index (χ3n) is 2.86. The van der Waals surface area contributed by atoms with Gasteiger partial charge < -0.3 is 19.5 Å². The van der Waals surface area contributed by atoms with E-state index in [0.29, 0.717) is 0 Å². The number of fused-ring (bicyclic) bond motifs is 1. The van der Waals surface area contributed by atoms with Gasteiger partial charge in [-0.3, -0.25) is 0 Å². The Morgan fingerprint density at radius 3 is 2.79 bits per heavy atom. The Balaban J connectivity index is 1.79.